The molecule has 2 N–H and O–H groups in total. The van der Waals surface area contributed by atoms with Crippen LogP contribution in [0.1, 0.15) is 42.4 Å². The van der Waals surface area contributed by atoms with E-state index >= 15 is 0 Å². The van der Waals surface area contributed by atoms with Crippen molar-refractivity contribution in [3.05, 3.63) is 28.8 Å². The fraction of sp³-hybridized carbons (Fsp3) is 0.600. The van der Waals surface area contributed by atoms with Crippen LogP contribution in [0.2, 0.25) is 0 Å². The average molecular weight is 382 g/mol. The van der Waals surface area contributed by atoms with Crippen LogP contribution < -0.4 is 10.6 Å². The minimum absolute atomic E-state index is 0. The van der Waals surface area contributed by atoms with Crippen molar-refractivity contribution in [3.8, 4) is 0 Å². The average Bonchev–Trinajstić information content (AvgIpc) is 2.56. The molecular formula is C20H32ClN3O2. The molecule has 2 rings (SSSR count). The maximum Gasteiger partial charge on any atom is 0.243 e. The number of piperidine rings is 1. The number of hydrogen-bond acceptors (Lipinski definition) is 3. The first-order chi connectivity index (χ1) is 11.9. The maximum atomic E-state index is 12.3. The summed E-state index contributed by atoms with van der Waals surface area (Å²) in [7, 11) is 1.71. The largest absolute Gasteiger partial charge is 0.336 e. The van der Waals surface area contributed by atoms with Crippen molar-refractivity contribution in [2.24, 2.45) is 5.92 Å². The molecule has 0 aliphatic carbocycles. The number of aryl methyl sites for hydroxylation is 3. The Morgan fingerprint density at radius 2 is 1.73 bits per heavy atom. The number of nitrogens with one attached hydrogen (secondary N) is 2. The molecule has 0 bridgehead atoms. The molecule has 6 heteroatoms. The fourth-order valence-corrected chi connectivity index (χ4v) is 3.55. The smallest absolute Gasteiger partial charge is 0.243 e. The summed E-state index contributed by atoms with van der Waals surface area (Å²) in [6.07, 6.45) is 3.73. The SMILES string of the molecule is Cc1cc(C)c(NC(=O)CN(C)C(=O)CCC2CCNCC2)c(C)c1.Cl. The van der Waals surface area contributed by atoms with E-state index in [-0.39, 0.29) is 30.8 Å². The van der Waals surface area contributed by atoms with Crippen molar-refractivity contribution < 1.29 is 9.59 Å². The van der Waals surface area contributed by atoms with E-state index in [2.05, 4.69) is 22.8 Å². The van der Waals surface area contributed by atoms with Gasteiger partial charge in [0.25, 0.3) is 0 Å². The Bertz CT molecular complexity index is 604. The molecule has 2 amide bonds. The molecule has 1 aliphatic heterocycles. The molecule has 0 spiro atoms. The molecule has 146 valence electrons. The summed E-state index contributed by atoms with van der Waals surface area (Å²) in [5, 5.41) is 6.29. The zero-order valence-electron chi connectivity index (χ0n) is 16.4. The highest BCUT2D eigenvalue weighted by Crippen LogP contribution is 2.22. The van der Waals surface area contributed by atoms with Crippen LogP contribution in [-0.2, 0) is 9.59 Å². The van der Waals surface area contributed by atoms with Gasteiger partial charge in [-0.3, -0.25) is 9.59 Å². The zero-order chi connectivity index (χ0) is 18.4. The molecule has 26 heavy (non-hydrogen) atoms. The van der Waals surface area contributed by atoms with Crippen LogP contribution in [0.5, 0.6) is 0 Å². The molecule has 1 heterocycles. The number of carbonyl (C=O) groups is 2. The zero-order valence-corrected chi connectivity index (χ0v) is 17.2. The van der Waals surface area contributed by atoms with Crippen LogP contribution in [0.3, 0.4) is 0 Å². The second-order valence-electron chi connectivity index (χ2n) is 7.30. The molecule has 0 radical (unpaired) electrons. The Balaban J connectivity index is 0.00000338. The monoisotopic (exact) mass is 381 g/mol. The number of amides is 2. The fourth-order valence-electron chi connectivity index (χ4n) is 3.55. The summed E-state index contributed by atoms with van der Waals surface area (Å²) in [6.45, 7) is 8.21. The number of rotatable bonds is 6. The van der Waals surface area contributed by atoms with Crippen molar-refractivity contribution in [2.45, 2.75) is 46.5 Å². The van der Waals surface area contributed by atoms with Gasteiger partial charge in [-0.1, -0.05) is 17.7 Å². The van der Waals surface area contributed by atoms with Crippen LogP contribution in [0.4, 0.5) is 5.69 Å². The lowest BCUT2D eigenvalue weighted by molar-refractivity contribution is -0.133. The first kappa shape index (κ1) is 22.5. The van der Waals surface area contributed by atoms with Crippen LogP contribution in [0.15, 0.2) is 12.1 Å². The Kier molecular flexibility index (Phi) is 9.09. The van der Waals surface area contributed by atoms with Crippen LogP contribution in [-0.4, -0.2) is 43.4 Å². The normalized spacial score (nSPS) is 14.5. The van der Waals surface area contributed by atoms with Gasteiger partial charge >= 0.3 is 0 Å². The second kappa shape index (κ2) is 10.5. The summed E-state index contributed by atoms with van der Waals surface area (Å²) in [6, 6.07) is 4.10. The highest BCUT2D eigenvalue weighted by atomic mass is 35.5. The minimum Gasteiger partial charge on any atom is -0.336 e. The molecular weight excluding hydrogens is 350 g/mol. The molecule has 5 nitrogen and oxygen atoms in total. The van der Waals surface area contributed by atoms with E-state index in [1.54, 1.807) is 7.05 Å². The Morgan fingerprint density at radius 3 is 2.31 bits per heavy atom. The Morgan fingerprint density at radius 1 is 1.15 bits per heavy atom. The molecule has 1 aliphatic rings. The van der Waals surface area contributed by atoms with Gasteiger partial charge in [0.15, 0.2) is 0 Å². The van der Waals surface area contributed by atoms with Gasteiger partial charge in [-0.15, -0.1) is 12.4 Å². The topological polar surface area (TPSA) is 61.4 Å². The molecule has 1 saturated heterocycles. The number of halogens is 1. The highest BCUT2D eigenvalue weighted by molar-refractivity contribution is 5.95. The van der Waals surface area contributed by atoms with Crippen molar-refractivity contribution in [1.82, 2.24) is 10.2 Å². The summed E-state index contributed by atoms with van der Waals surface area (Å²) in [5.74, 6) is 0.532. The number of anilines is 1. The van der Waals surface area contributed by atoms with Crippen molar-refractivity contribution in [2.75, 3.05) is 32.0 Å². The van der Waals surface area contributed by atoms with Gasteiger partial charge in [0.1, 0.15) is 0 Å². The van der Waals surface area contributed by atoms with Gasteiger partial charge < -0.3 is 15.5 Å². The number of benzene rings is 1. The third-order valence-electron chi connectivity index (χ3n) is 4.97. The number of likely N-dealkylation sites (N-methyl/N-ethyl adjacent to an activating group) is 1. The number of carbonyl (C=O) groups excluding carboxylic acids is 2. The quantitative estimate of drug-likeness (QED) is 0.795. The van der Waals surface area contributed by atoms with Gasteiger partial charge in [-0.25, -0.2) is 0 Å². The predicted molar refractivity (Wildman–Crippen MR) is 109 cm³/mol. The van der Waals surface area contributed by atoms with Gasteiger partial charge in [0, 0.05) is 19.2 Å². The molecule has 0 atom stereocenters. The lowest BCUT2D eigenvalue weighted by Gasteiger charge is -2.23. The van der Waals surface area contributed by atoms with Crippen LogP contribution in [0.25, 0.3) is 0 Å². The van der Waals surface area contributed by atoms with Crippen molar-refractivity contribution >= 4 is 29.9 Å². The van der Waals surface area contributed by atoms with Crippen molar-refractivity contribution in [1.29, 1.82) is 0 Å². The first-order valence-corrected chi connectivity index (χ1v) is 9.19. The maximum absolute atomic E-state index is 12.3. The minimum atomic E-state index is -0.146. The highest BCUT2D eigenvalue weighted by Gasteiger charge is 2.18. The summed E-state index contributed by atoms with van der Waals surface area (Å²) in [4.78, 5) is 26.1. The molecule has 0 aromatic heterocycles. The van der Waals surface area contributed by atoms with E-state index in [1.165, 1.54) is 10.5 Å². The van der Waals surface area contributed by atoms with Gasteiger partial charge in [0.2, 0.25) is 11.8 Å². The van der Waals surface area contributed by atoms with Gasteiger partial charge in [-0.05, 0) is 70.2 Å². The lowest BCUT2D eigenvalue weighted by Crippen LogP contribution is -2.35. The first-order valence-electron chi connectivity index (χ1n) is 9.19. The third kappa shape index (κ3) is 6.61. The van der Waals surface area contributed by atoms with Gasteiger partial charge in [-0.2, -0.15) is 0 Å². The van der Waals surface area contributed by atoms with Crippen LogP contribution >= 0.6 is 12.4 Å². The molecule has 1 fully saturated rings. The number of nitrogens with zero attached hydrogens (tertiary/aromatic N) is 1. The Labute approximate surface area is 163 Å². The van der Waals surface area contributed by atoms with E-state index in [9.17, 15) is 9.59 Å². The Hall–Kier alpha value is -1.59. The van der Waals surface area contributed by atoms with E-state index in [1.807, 2.05) is 20.8 Å². The number of hydrogen-bond donors (Lipinski definition) is 2. The van der Waals surface area contributed by atoms with E-state index < -0.39 is 0 Å². The van der Waals surface area contributed by atoms with Crippen molar-refractivity contribution in [3.63, 3.8) is 0 Å². The third-order valence-corrected chi connectivity index (χ3v) is 4.97. The van der Waals surface area contributed by atoms with E-state index in [0.717, 1.165) is 49.2 Å². The lowest BCUT2D eigenvalue weighted by atomic mass is 9.93. The van der Waals surface area contributed by atoms with Gasteiger partial charge in [0.05, 0.1) is 6.54 Å². The molecule has 0 unspecified atom stereocenters. The summed E-state index contributed by atoms with van der Waals surface area (Å²) >= 11 is 0. The summed E-state index contributed by atoms with van der Waals surface area (Å²) < 4.78 is 0. The molecule has 1 aromatic rings. The van der Waals surface area contributed by atoms with Crippen LogP contribution in [0, 0.1) is 26.7 Å². The molecule has 0 saturated carbocycles. The predicted octanol–water partition coefficient (Wildman–Crippen LogP) is 3.21. The summed E-state index contributed by atoms with van der Waals surface area (Å²) in [5.41, 5.74) is 4.13. The second-order valence-corrected chi connectivity index (χ2v) is 7.30. The van der Waals surface area contributed by atoms with E-state index in [4.69, 9.17) is 0 Å². The molecule has 1 aromatic carbocycles. The van der Waals surface area contributed by atoms with E-state index in [0.29, 0.717) is 12.3 Å². The standard InChI is InChI=1S/C20H31N3O2.ClH/c1-14-11-15(2)20(16(3)12-14)22-18(24)13-23(4)19(25)6-5-17-7-9-21-10-8-17;/h11-12,17,21H,5-10,13H2,1-4H3,(H,22,24);1H.